The molecule has 0 saturated heterocycles. The van der Waals surface area contributed by atoms with Crippen molar-refractivity contribution in [2.24, 2.45) is 5.10 Å². The highest BCUT2D eigenvalue weighted by atomic mass is 32.2. The van der Waals surface area contributed by atoms with Crippen LogP contribution in [0.5, 0.6) is 0 Å². The highest BCUT2D eigenvalue weighted by Crippen LogP contribution is 2.38. The van der Waals surface area contributed by atoms with Crippen LogP contribution in [0.4, 0.5) is 0 Å². The number of sulfonamides is 1. The minimum absolute atomic E-state index is 0.261. The van der Waals surface area contributed by atoms with E-state index >= 15 is 0 Å². The number of hydrazone groups is 1. The van der Waals surface area contributed by atoms with Crippen LogP contribution in [0.2, 0.25) is 0 Å². The Bertz CT molecular complexity index is 1180. The SMILES string of the molecule is Cc1ccc(S(=O)(=O)N2N=C(c3ccccc3C)C[C@H]2c2ccccc2C)cc1. The monoisotopic (exact) mass is 404 g/mol. The van der Waals surface area contributed by atoms with Gasteiger partial charge in [-0.2, -0.15) is 17.9 Å². The number of aryl methyl sites for hydroxylation is 3. The summed E-state index contributed by atoms with van der Waals surface area (Å²) < 4.78 is 28.4. The normalized spacial score (nSPS) is 16.7. The highest BCUT2D eigenvalue weighted by molar-refractivity contribution is 7.89. The van der Waals surface area contributed by atoms with Crippen molar-refractivity contribution in [1.29, 1.82) is 0 Å². The van der Waals surface area contributed by atoms with Crippen LogP contribution in [-0.2, 0) is 10.0 Å². The van der Waals surface area contributed by atoms with Crippen molar-refractivity contribution in [2.45, 2.75) is 38.1 Å². The summed E-state index contributed by atoms with van der Waals surface area (Å²) >= 11 is 0. The average Bonchev–Trinajstić information content (AvgIpc) is 3.15. The van der Waals surface area contributed by atoms with Gasteiger partial charge in [0.1, 0.15) is 0 Å². The smallest absolute Gasteiger partial charge is 0.200 e. The predicted octanol–water partition coefficient (Wildman–Crippen LogP) is 5.15. The van der Waals surface area contributed by atoms with Crippen molar-refractivity contribution in [3.8, 4) is 0 Å². The summed E-state index contributed by atoms with van der Waals surface area (Å²) in [7, 11) is -3.78. The maximum atomic E-state index is 13.5. The second-order valence-corrected chi connectivity index (χ2v) is 9.32. The molecule has 0 amide bonds. The third kappa shape index (κ3) is 3.58. The van der Waals surface area contributed by atoms with E-state index in [1.807, 2.05) is 81.4 Å². The lowest BCUT2D eigenvalue weighted by atomic mass is 9.94. The molecule has 0 aromatic heterocycles. The average molecular weight is 405 g/mol. The Balaban J connectivity index is 1.85. The highest BCUT2D eigenvalue weighted by Gasteiger charge is 2.38. The lowest BCUT2D eigenvalue weighted by molar-refractivity contribution is 0.370. The van der Waals surface area contributed by atoms with Crippen LogP contribution >= 0.6 is 0 Å². The van der Waals surface area contributed by atoms with Crippen LogP contribution in [0, 0.1) is 20.8 Å². The van der Waals surface area contributed by atoms with Crippen molar-refractivity contribution in [1.82, 2.24) is 4.41 Å². The van der Waals surface area contributed by atoms with Crippen molar-refractivity contribution < 1.29 is 8.42 Å². The van der Waals surface area contributed by atoms with Gasteiger partial charge in [-0.05, 0) is 49.6 Å². The number of hydrogen-bond acceptors (Lipinski definition) is 3. The van der Waals surface area contributed by atoms with E-state index in [4.69, 9.17) is 0 Å². The molecule has 0 saturated carbocycles. The van der Waals surface area contributed by atoms with E-state index in [2.05, 4.69) is 5.10 Å². The Morgan fingerprint density at radius 3 is 2.10 bits per heavy atom. The topological polar surface area (TPSA) is 49.7 Å². The van der Waals surface area contributed by atoms with Gasteiger partial charge in [0.25, 0.3) is 10.0 Å². The predicted molar refractivity (Wildman–Crippen MR) is 116 cm³/mol. The minimum Gasteiger partial charge on any atom is -0.200 e. The first-order valence-electron chi connectivity index (χ1n) is 9.68. The van der Waals surface area contributed by atoms with Gasteiger partial charge < -0.3 is 0 Å². The quantitative estimate of drug-likeness (QED) is 0.604. The van der Waals surface area contributed by atoms with Gasteiger partial charge in [0.2, 0.25) is 0 Å². The molecule has 1 heterocycles. The zero-order chi connectivity index (χ0) is 20.6. The third-order valence-electron chi connectivity index (χ3n) is 5.44. The van der Waals surface area contributed by atoms with E-state index in [0.29, 0.717) is 6.42 Å². The van der Waals surface area contributed by atoms with Crippen molar-refractivity contribution in [3.05, 3.63) is 101 Å². The van der Waals surface area contributed by atoms with Gasteiger partial charge in [-0.25, -0.2) is 0 Å². The van der Waals surface area contributed by atoms with E-state index in [-0.39, 0.29) is 10.9 Å². The van der Waals surface area contributed by atoms with Crippen molar-refractivity contribution in [2.75, 3.05) is 0 Å². The molecule has 0 unspecified atom stereocenters. The lowest BCUT2D eigenvalue weighted by Gasteiger charge is -2.24. The van der Waals surface area contributed by atoms with Crippen LogP contribution in [0.15, 0.2) is 82.8 Å². The summed E-state index contributed by atoms with van der Waals surface area (Å²) in [5, 5.41) is 4.65. The molecule has 3 aromatic rings. The number of benzene rings is 3. The molecular weight excluding hydrogens is 380 g/mol. The molecule has 0 radical (unpaired) electrons. The summed E-state index contributed by atoms with van der Waals surface area (Å²) in [4.78, 5) is 0.261. The molecule has 0 spiro atoms. The first-order chi connectivity index (χ1) is 13.9. The van der Waals surface area contributed by atoms with Crippen molar-refractivity contribution >= 4 is 15.7 Å². The van der Waals surface area contributed by atoms with Crippen LogP contribution in [-0.4, -0.2) is 18.5 Å². The zero-order valence-corrected chi connectivity index (χ0v) is 17.6. The molecule has 0 N–H and O–H groups in total. The molecule has 1 atom stereocenters. The Labute approximate surface area is 172 Å². The summed E-state index contributed by atoms with van der Waals surface area (Å²) in [5.41, 5.74) is 5.94. The second-order valence-electron chi connectivity index (χ2n) is 7.53. The van der Waals surface area contributed by atoms with Gasteiger partial charge in [0.05, 0.1) is 16.6 Å². The molecule has 29 heavy (non-hydrogen) atoms. The molecule has 148 valence electrons. The van der Waals surface area contributed by atoms with Gasteiger partial charge in [0.15, 0.2) is 0 Å². The second kappa shape index (κ2) is 7.48. The maximum absolute atomic E-state index is 13.5. The first kappa shape index (κ1) is 19.4. The molecule has 0 fully saturated rings. The number of nitrogens with zero attached hydrogens (tertiary/aromatic N) is 2. The Hall–Kier alpha value is -2.92. The molecule has 0 aliphatic carbocycles. The van der Waals surface area contributed by atoms with Gasteiger partial charge in [-0.15, -0.1) is 0 Å². The van der Waals surface area contributed by atoms with E-state index in [9.17, 15) is 8.42 Å². The Kier molecular flexibility index (Phi) is 5.01. The standard InChI is InChI=1S/C24H24N2O2S/c1-17-12-14-20(15-13-17)29(27,28)26-24(22-11-7-5-9-19(22)3)16-23(25-26)21-10-6-4-8-18(21)2/h4-15,24H,16H2,1-3H3/t24-/m0/s1. The fourth-order valence-electron chi connectivity index (χ4n) is 3.78. The summed E-state index contributed by atoms with van der Waals surface area (Å²) in [6.07, 6.45) is 0.542. The molecule has 0 bridgehead atoms. The molecular formula is C24H24N2O2S. The largest absolute Gasteiger partial charge is 0.279 e. The first-order valence-corrected chi connectivity index (χ1v) is 11.1. The maximum Gasteiger partial charge on any atom is 0.279 e. The third-order valence-corrected chi connectivity index (χ3v) is 7.14. The Morgan fingerprint density at radius 1 is 0.828 bits per heavy atom. The summed E-state index contributed by atoms with van der Waals surface area (Å²) in [5.74, 6) is 0. The van der Waals surface area contributed by atoms with E-state index in [0.717, 1.165) is 33.5 Å². The van der Waals surface area contributed by atoms with Crippen LogP contribution in [0.3, 0.4) is 0 Å². The lowest BCUT2D eigenvalue weighted by Crippen LogP contribution is -2.27. The van der Waals surface area contributed by atoms with E-state index < -0.39 is 10.0 Å². The number of rotatable bonds is 4. The van der Waals surface area contributed by atoms with Crippen LogP contribution in [0.1, 0.15) is 40.3 Å². The zero-order valence-electron chi connectivity index (χ0n) is 16.8. The van der Waals surface area contributed by atoms with Crippen LogP contribution in [0.25, 0.3) is 0 Å². The Morgan fingerprint density at radius 2 is 1.45 bits per heavy atom. The molecule has 4 rings (SSSR count). The molecule has 1 aliphatic rings. The molecule has 5 heteroatoms. The number of hydrogen-bond donors (Lipinski definition) is 0. The fraction of sp³-hybridized carbons (Fsp3) is 0.208. The van der Waals surface area contributed by atoms with E-state index in [1.54, 1.807) is 12.1 Å². The van der Waals surface area contributed by atoms with E-state index in [1.165, 1.54) is 4.41 Å². The van der Waals surface area contributed by atoms with Gasteiger partial charge >= 0.3 is 0 Å². The van der Waals surface area contributed by atoms with Gasteiger partial charge in [0, 0.05) is 12.0 Å². The molecule has 1 aliphatic heterocycles. The summed E-state index contributed by atoms with van der Waals surface area (Å²) in [6.45, 7) is 5.98. The minimum atomic E-state index is -3.78. The van der Waals surface area contributed by atoms with Crippen LogP contribution < -0.4 is 0 Å². The van der Waals surface area contributed by atoms with Gasteiger partial charge in [-0.3, -0.25) is 0 Å². The summed E-state index contributed by atoms with van der Waals surface area (Å²) in [6, 6.07) is 22.5. The molecule has 3 aromatic carbocycles. The fourth-order valence-corrected chi connectivity index (χ4v) is 5.21. The molecule has 4 nitrogen and oxygen atoms in total. The van der Waals surface area contributed by atoms with Gasteiger partial charge in [-0.1, -0.05) is 66.2 Å². The van der Waals surface area contributed by atoms with Crippen molar-refractivity contribution in [3.63, 3.8) is 0 Å².